The fraction of sp³-hybridized carbons (Fsp3) is 0.692. The molecule has 0 saturated heterocycles. The van der Waals surface area contributed by atoms with Crippen LogP contribution in [0.5, 0.6) is 0 Å². The average Bonchev–Trinajstić information content (AvgIpc) is 2.66. The third-order valence-corrected chi connectivity index (χ3v) is 3.25. The van der Waals surface area contributed by atoms with Crippen molar-refractivity contribution >= 4 is 0 Å². The second kappa shape index (κ2) is 5.26. The van der Waals surface area contributed by atoms with Crippen LogP contribution in [-0.2, 0) is 6.54 Å². The van der Waals surface area contributed by atoms with Gasteiger partial charge in [-0.25, -0.2) is 18.7 Å². The van der Waals surface area contributed by atoms with Gasteiger partial charge in [0.15, 0.2) is 0 Å². The van der Waals surface area contributed by atoms with Gasteiger partial charge in [0.05, 0.1) is 5.69 Å². The molecule has 0 amide bonds. The Morgan fingerprint density at radius 2 is 2.22 bits per heavy atom. The highest BCUT2D eigenvalue weighted by Gasteiger charge is 2.41. The zero-order valence-electron chi connectivity index (χ0n) is 10.8. The molecule has 100 valence electrons. The van der Waals surface area contributed by atoms with Crippen LogP contribution in [0.3, 0.4) is 0 Å². The maximum atomic E-state index is 13.2. The van der Waals surface area contributed by atoms with Gasteiger partial charge in [-0.3, -0.25) is 0 Å². The highest BCUT2D eigenvalue weighted by Crippen LogP contribution is 2.43. The molecule has 1 aliphatic carbocycles. The summed E-state index contributed by atoms with van der Waals surface area (Å²) in [6, 6.07) is 1.90. The van der Waals surface area contributed by atoms with Gasteiger partial charge >= 0.3 is 0 Å². The zero-order valence-corrected chi connectivity index (χ0v) is 10.8. The Morgan fingerprint density at radius 1 is 1.44 bits per heavy atom. The molecule has 1 aromatic rings. The Balaban J connectivity index is 2.15. The van der Waals surface area contributed by atoms with Gasteiger partial charge in [0.1, 0.15) is 5.82 Å². The van der Waals surface area contributed by atoms with Crippen molar-refractivity contribution in [1.29, 1.82) is 0 Å². The first kappa shape index (κ1) is 13.3. The predicted octanol–water partition coefficient (Wildman–Crippen LogP) is 2.80. The summed E-state index contributed by atoms with van der Waals surface area (Å²) in [7, 11) is 0. The van der Waals surface area contributed by atoms with Crippen LogP contribution in [0.15, 0.2) is 6.07 Å². The number of nitrogens with zero attached hydrogens (tertiary/aromatic N) is 2. The van der Waals surface area contributed by atoms with E-state index in [0.717, 1.165) is 17.9 Å². The third-order valence-electron chi connectivity index (χ3n) is 3.25. The molecule has 2 rings (SSSR count). The van der Waals surface area contributed by atoms with Crippen molar-refractivity contribution in [3.63, 3.8) is 0 Å². The van der Waals surface area contributed by atoms with Crippen LogP contribution < -0.4 is 5.32 Å². The lowest BCUT2D eigenvalue weighted by Crippen LogP contribution is -2.15. The van der Waals surface area contributed by atoms with Crippen molar-refractivity contribution in [2.75, 3.05) is 6.54 Å². The molecule has 1 unspecified atom stereocenters. The van der Waals surface area contributed by atoms with E-state index in [2.05, 4.69) is 15.3 Å². The molecule has 1 heterocycles. The Kier molecular flexibility index (Phi) is 3.90. The minimum absolute atomic E-state index is 0.0441. The number of hydrogen-bond donors (Lipinski definition) is 1. The van der Waals surface area contributed by atoms with Gasteiger partial charge in [0, 0.05) is 31.0 Å². The normalized spacial score (nSPS) is 22.3. The molecule has 5 heteroatoms. The average molecular weight is 255 g/mol. The number of aromatic nitrogens is 2. The molecule has 0 bridgehead atoms. The van der Waals surface area contributed by atoms with E-state index in [1.165, 1.54) is 0 Å². The molecule has 1 N–H and O–H groups in total. The largest absolute Gasteiger partial charge is 0.311 e. The van der Waals surface area contributed by atoms with Crippen molar-refractivity contribution in [1.82, 2.24) is 15.3 Å². The second-order valence-corrected chi connectivity index (χ2v) is 4.93. The van der Waals surface area contributed by atoms with Crippen molar-refractivity contribution in [2.24, 2.45) is 0 Å². The van der Waals surface area contributed by atoms with Crippen LogP contribution in [0.25, 0.3) is 0 Å². The van der Waals surface area contributed by atoms with Gasteiger partial charge in [-0.2, -0.15) is 0 Å². The van der Waals surface area contributed by atoms with E-state index in [4.69, 9.17) is 0 Å². The minimum Gasteiger partial charge on any atom is -0.311 e. The fourth-order valence-corrected chi connectivity index (χ4v) is 2.36. The van der Waals surface area contributed by atoms with Crippen LogP contribution in [-0.4, -0.2) is 22.4 Å². The molecule has 0 aliphatic heterocycles. The Morgan fingerprint density at radius 3 is 2.83 bits per heavy atom. The van der Waals surface area contributed by atoms with Gasteiger partial charge in [0.2, 0.25) is 5.92 Å². The summed E-state index contributed by atoms with van der Waals surface area (Å²) in [6.07, 6.45) is 0.325. The fourth-order valence-electron chi connectivity index (χ4n) is 2.36. The summed E-state index contributed by atoms with van der Waals surface area (Å²) in [6.45, 7) is 5.43. The maximum absolute atomic E-state index is 13.2. The number of hydrogen-bond acceptors (Lipinski definition) is 3. The third kappa shape index (κ3) is 3.22. The van der Waals surface area contributed by atoms with Gasteiger partial charge in [-0.15, -0.1) is 0 Å². The molecule has 0 aromatic carbocycles. The molecule has 18 heavy (non-hydrogen) atoms. The van der Waals surface area contributed by atoms with Crippen LogP contribution in [0.2, 0.25) is 0 Å². The quantitative estimate of drug-likeness (QED) is 0.899. The first-order valence-electron chi connectivity index (χ1n) is 6.43. The first-order chi connectivity index (χ1) is 8.50. The highest BCUT2D eigenvalue weighted by atomic mass is 19.3. The standard InChI is InChI=1S/C13H19F2N3/c1-3-16-8-11-6-9(2)17-12(18-11)10-4-5-13(14,15)7-10/h6,10,16H,3-5,7-8H2,1-2H3. The molecule has 3 nitrogen and oxygen atoms in total. The Labute approximate surface area is 106 Å². The number of halogens is 2. The lowest BCUT2D eigenvalue weighted by Gasteiger charge is -2.12. The van der Waals surface area contributed by atoms with Crippen LogP contribution in [0.4, 0.5) is 8.78 Å². The van der Waals surface area contributed by atoms with E-state index in [-0.39, 0.29) is 18.8 Å². The Hall–Kier alpha value is -1.10. The number of rotatable bonds is 4. The van der Waals surface area contributed by atoms with Gasteiger partial charge in [-0.05, 0) is 26.0 Å². The SMILES string of the molecule is CCNCc1cc(C)nc(C2CCC(F)(F)C2)n1. The van der Waals surface area contributed by atoms with Crippen LogP contribution >= 0.6 is 0 Å². The highest BCUT2D eigenvalue weighted by molar-refractivity contribution is 5.13. The van der Waals surface area contributed by atoms with Gasteiger partial charge < -0.3 is 5.32 Å². The summed E-state index contributed by atoms with van der Waals surface area (Å²) in [5, 5.41) is 3.19. The summed E-state index contributed by atoms with van der Waals surface area (Å²) >= 11 is 0. The summed E-state index contributed by atoms with van der Waals surface area (Å²) < 4.78 is 26.4. The van der Waals surface area contributed by atoms with Crippen molar-refractivity contribution in [3.8, 4) is 0 Å². The van der Waals surface area contributed by atoms with Crippen LogP contribution in [0.1, 0.15) is 49.3 Å². The van der Waals surface area contributed by atoms with E-state index in [1.54, 1.807) is 0 Å². The molecule has 1 aromatic heterocycles. The first-order valence-corrected chi connectivity index (χ1v) is 6.43. The van der Waals surface area contributed by atoms with E-state index in [1.807, 2.05) is 19.9 Å². The molecule has 1 fully saturated rings. The maximum Gasteiger partial charge on any atom is 0.248 e. The number of aryl methyl sites for hydroxylation is 1. The number of alkyl halides is 2. The van der Waals surface area contributed by atoms with Crippen molar-refractivity contribution in [2.45, 2.75) is 51.5 Å². The van der Waals surface area contributed by atoms with E-state index >= 15 is 0 Å². The van der Waals surface area contributed by atoms with Crippen molar-refractivity contribution < 1.29 is 8.78 Å². The Bertz CT molecular complexity index is 421. The lowest BCUT2D eigenvalue weighted by molar-refractivity contribution is 0.00752. The smallest absolute Gasteiger partial charge is 0.248 e. The van der Waals surface area contributed by atoms with E-state index < -0.39 is 5.92 Å². The topological polar surface area (TPSA) is 37.8 Å². The molecule has 1 aliphatic rings. The molecular formula is C13H19F2N3. The summed E-state index contributed by atoms with van der Waals surface area (Å²) in [5.74, 6) is -2.15. The lowest BCUT2D eigenvalue weighted by atomic mass is 10.1. The van der Waals surface area contributed by atoms with E-state index in [9.17, 15) is 8.78 Å². The molecular weight excluding hydrogens is 236 g/mol. The number of nitrogens with one attached hydrogen (secondary N) is 1. The van der Waals surface area contributed by atoms with Crippen molar-refractivity contribution in [3.05, 3.63) is 23.3 Å². The summed E-state index contributed by atoms with van der Waals surface area (Å²) in [4.78, 5) is 8.73. The minimum atomic E-state index is -2.54. The van der Waals surface area contributed by atoms with Gasteiger partial charge in [-0.1, -0.05) is 6.92 Å². The zero-order chi connectivity index (χ0) is 13.2. The van der Waals surface area contributed by atoms with E-state index in [0.29, 0.717) is 18.8 Å². The monoisotopic (exact) mass is 255 g/mol. The molecule has 0 radical (unpaired) electrons. The summed E-state index contributed by atoms with van der Waals surface area (Å²) in [5.41, 5.74) is 1.73. The molecule has 0 spiro atoms. The van der Waals surface area contributed by atoms with Crippen LogP contribution in [0, 0.1) is 6.92 Å². The molecule has 1 atom stereocenters. The second-order valence-electron chi connectivity index (χ2n) is 4.93. The van der Waals surface area contributed by atoms with Gasteiger partial charge in [0.25, 0.3) is 0 Å². The molecule has 1 saturated carbocycles. The predicted molar refractivity (Wildman–Crippen MR) is 65.7 cm³/mol.